The smallest absolute Gasteiger partial charge is 0.347 e. The minimum atomic E-state index is -4.33. The van der Waals surface area contributed by atoms with Crippen LogP contribution in [-0.4, -0.2) is 36.5 Å². The van der Waals surface area contributed by atoms with Gasteiger partial charge in [0.15, 0.2) is 0 Å². The van der Waals surface area contributed by atoms with Gasteiger partial charge in [-0.3, -0.25) is 4.79 Å². The van der Waals surface area contributed by atoms with Crippen molar-refractivity contribution < 1.29 is 18.0 Å². The number of amides is 1. The van der Waals surface area contributed by atoms with Gasteiger partial charge < -0.3 is 10.2 Å². The normalized spacial score (nSPS) is 24.8. The number of hydrogen-bond acceptors (Lipinski definition) is 4. The van der Waals surface area contributed by atoms with Crippen molar-refractivity contribution in [2.24, 2.45) is 5.92 Å². The maximum absolute atomic E-state index is 12.6. The molecule has 3 fully saturated rings. The van der Waals surface area contributed by atoms with Crippen LogP contribution in [0.3, 0.4) is 0 Å². The number of carbonyl (C=O) groups excluding carboxylic acids is 1. The van der Waals surface area contributed by atoms with Gasteiger partial charge in [-0.15, -0.1) is 11.3 Å². The number of carbonyl (C=O) groups is 1. The highest BCUT2D eigenvalue weighted by Crippen LogP contribution is 2.36. The number of fused-ring (bicyclic) bond motifs is 3. The van der Waals surface area contributed by atoms with Gasteiger partial charge in [-0.25, -0.2) is 0 Å². The average molecular weight is 413 g/mol. The summed E-state index contributed by atoms with van der Waals surface area (Å²) < 4.78 is 38.8. The van der Waals surface area contributed by atoms with Crippen LogP contribution < -0.4 is 5.32 Å². The van der Waals surface area contributed by atoms with Crippen LogP contribution in [-0.2, 0) is 6.18 Å². The van der Waals surface area contributed by atoms with Crippen molar-refractivity contribution in [1.82, 2.24) is 10.2 Å². The summed E-state index contributed by atoms with van der Waals surface area (Å²) in [7, 11) is 0. The molecule has 0 saturated carbocycles. The number of alkyl halides is 3. The lowest BCUT2D eigenvalue weighted by molar-refractivity contribution is -0.137. The van der Waals surface area contributed by atoms with E-state index in [1.165, 1.54) is 35.2 Å². The molecular weight excluding hydrogens is 393 g/mol. The van der Waals surface area contributed by atoms with Gasteiger partial charge >= 0.3 is 6.18 Å². The van der Waals surface area contributed by atoms with Crippen LogP contribution in [0.5, 0.6) is 0 Å². The Hall–Kier alpha value is -1.51. The summed E-state index contributed by atoms with van der Waals surface area (Å²) in [6.45, 7) is 3.18. The van der Waals surface area contributed by atoms with Gasteiger partial charge in [0.25, 0.3) is 5.91 Å². The summed E-state index contributed by atoms with van der Waals surface area (Å²) in [5, 5.41) is 3.16. The zero-order valence-electron chi connectivity index (χ0n) is 14.5. The molecule has 1 atom stereocenters. The Bertz CT molecular complexity index is 811. The fourth-order valence-electron chi connectivity index (χ4n) is 3.69. The lowest BCUT2D eigenvalue weighted by atomic mass is 9.84. The molecule has 3 nitrogen and oxygen atoms in total. The van der Waals surface area contributed by atoms with E-state index in [9.17, 15) is 18.0 Å². The van der Waals surface area contributed by atoms with Gasteiger partial charge in [0.1, 0.15) is 0 Å². The first kappa shape index (κ1) is 18.8. The quantitative estimate of drug-likeness (QED) is 0.787. The van der Waals surface area contributed by atoms with E-state index < -0.39 is 11.7 Å². The van der Waals surface area contributed by atoms with Crippen molar-refractivity contribution in [1.29, 1.82) is 0 Å². The Morgan fingerprint density at radius 3 is 2.41 bits per heavy atom. The third-order valence-electron chi connectivity index (χ3n) is 5.18. The number of thiophene rings is 1. The van der Waals surface area contributed by atoms with Gasteiger partial charge in [0.05, 0.1) is 14.6 Å². The molecule has 5 rings (SSSR count). The summed E-state index contributed by atoms with van der Waals surface area (Å²) in [5.74, 6) is 0.512. The average Bonchev–Trinajstić information content (AvgIpc) is 3.11. The molecule has 8 heteroatoms. The highest BCUT2D eigenvalue weighted by atomic mass is 32.2. The van der Waals surface area contributed by atoms with Gasteiger partial charge in [-0.2, -0.15) is 13.2 Å². The van der Waals surface area contributed by atoms with E-state index in [4.69, 9.17) is 0 Å². The first-order chi connectivity index (χ1) is 12.9. The van der Waals surface area contributed by atoms with Crippen LogP contribution in [0.15, 0.2) is 45.5 Å². The van der Waals surface area contributed by atoms with Crippen LogP contribution >= 0.6 is 23.1 Å². The molecular formula is C19H19F3N2OS2. The standard InChI is InChI=1S/C19H19F3N2OS2/c20-19(21,22)13-1-3-14(4-2-13)26-17-6-5-16(27-17)18(25)23-15-11-24-9-7-12(15)8-10-24/h1-6,12,15H,7-11H2,(H,23,25)/t15-/m0/s1. The fourth-order valence-corrected chi connectivity index (χ4v) is 5.70. The molecule has 0 unspecified atom stereocenters. The highest BCUT2D eigenvalue weighted by molar-refractivity contribution is 8.01. The molecule has 3 aliphatic rings. The Balaban J connectivity index is 1.37. The molecule has 3 saturated heterocycles. The first-order valence-electron chi connectivity index (χ1n) is 8.87. The van der Waals surface area contributed by atoms with E-state index in [0.29, 0.717) is 15.7 Å². The second kappa shape index (κ2) is 7.48. The van der Waals surface area contributed by atoms with Crippen molar-refractivity contribution in [2.75, 3.05) is 19.6 Å². The molecule has 2 bridgehead atoms. The zero-order valence-corrected chi connectivity index (χ0v) is 16.1. The summed E-state index contributed by atoms with van der Waals surface area (Å²) in [5.41, 5.74) is -0.657. The Morgan fingerprint density at radius 2 is 1.81 bits per heavy atom. The maximum atomic E-state index is 12.6. The summed E-state index contributed by atoms with van der Waals surface area (Å²) >= 11 is 2.74. The van der Waals surface area contributed by atoms with Crippen LogP contribution in [0.1, 0.15) is 28.1 Å². The molecule has 3 aliphatic heterocycles. The Kier molecular flexibility index (Phi) is 5.22. The van der Waals surface area contributed by atoms with Crippen LogP contribution in [0.2, 0.25) is 0 Å². The summed E-state index contributed by atoms with van der Waals surface area (Å²) in [6, 6.07) is 8.92. The lowest BCUT2D eigenvalue weighted by Gasteiger charge is -2.44. The van der Waals surface area contributed by atoms with Crippen molar-refractivity contribution in [3.05, 3.63) is 46.8 Å². The largest absolute Gasteiger partial charge is 0.416 e. The second-order valence-electron chi connectivity index (χ2n) is 6.96. The van der Waals surface area contributed by atoms with Crippen LogP contribution in [0.25, 0.3) is 0 Å². The Labute approximate surface area is 163 Å². The van der Waals surface area contributed by atoms with Crippen LogP contribution in [0.4, 0.5) is 13.2 Å². The van der Waals surface area contributed by atoms with Gasteiger partial charge in [-0.05, 0) is 68.2 Å². The monoisotopic (exact) mass is 412 g/mol. The minimum absolute atomic E-state index is 0.0574. The number of nitrogens with zero attached hydrogens (tertiary/aromatic N) is 1. The predicted molar refractivity (Wildman–Crippen MR) is 100 cm³/mol. The molecule has 1 N–H and O–H groups in total. The predicted octanol–water partition coefficient (Wildman–Crippen LogP) is 4.74. The number of halogens is 3. The molecule has 0 spiro atoms. The van der Waals surface area contributed by atoms with Crippen molar-refractivity contribution >= 4 is 29.0 Å². The third-order valence-corrected chi connectivity index (χ3v) is 7.40. The molecule has 144 valence electrons. The minimum Gasteiger partial charge on any atom is -0.347 e. The summed E-state index contributed by atoms with van der Waals surface area (Å²) in [6.07, 6.45) is -2.04. The van der Waals surface area contributed by atoms with Gasteiger partial charge in [0.2, 0.25) is 0 Å². The molecule has 0 radical (unpaired) electrons. The van der Waals surface area contributed by atoms with Crippen molar-refractivity contribution in [2.45, 2.75) is 34.2 Å². The highest BCUT2D eigenvalue weighted by Gasteiger charge is 2.35. The molecule has 1 amide bonds. The topological polar surface area (TPSA) is 32.3 Å². The van der Waals surface area contributed by atoms with E-state index in [0.717, 1.165) is 48.8 Å². The van der Waals surface area contributed by atoms with E-state index in [2.05, 4.69) is 10.2 Å². The zero-order chi connectivity index (χ0) is 19.0. The third kappa shape index (κ3) is 4.33. The number of hydrogen-bond donors (Lipinski definition) is 1. The Morgan fingerprint density at radius 1 is 1.11 bits per heavy atom. The van der Waals surface area contributed by atoms with Gasteiger partial charge in [-0.1, -0.05) is 11.8 Å². The maximum Gasteiger partial charge on any atom is 0.416 e. The van der Waals surface area contributed by atoms with E-state index in [-0.39, 0.29) is 11.9 Å². The lowest BCUT2D eigenvalue weighted by Crippen LogP contribution is -2.57. The molecule has 1 aromatic heterocycles. The number of rotatable bonds is 4. The molecule has 27 heavy (non-hydrogen) atoms. The summed E-state index contributed by atoms with van der Waals surface area (Å²) in [4.78, 5) is 16.3. The fraction of sp³-hybridized carbons (Fsp3) is 0.421. The molecule has 2 aromatic rings. The molecule has 1 aromatic carbocycles. The van der Waals surface area contributed by atoms with E-state index in [1.54, 1.807) is 6.07 Å². The second-order valence-corrected chi connectivity index (χ2v) is 9.42. The molecule has 0 aliphatic carbocycles. The van der Waals surface area contributed by atoms with E-state index >= 15 is 0 Å². The number of benzene rings is 1. The number of nitrogens with one attached hydrogen (secondary N) is 1. The van der Waals surface area contributed by atoms with Crippen LogP contribution in [0, 0.1) is 5.92 Å². The SMILES string of the molecule is O=C(N[C@H]1CN2CCC1CC2)c1ccc(Sc2ccc(C(F)(F)F)cc2)s1. The van der Waals surface area contributed by atoms with Gasteiger partial charge in [0, 0.05) is 17.5 Å². The van der Waals surface area contributed by atoms with Crippen molar-refractivity contribution in [3.63, 3.8) is 0 Å². The van der Waals surface area contributed by atoms with E-state index in [1.807, 2.05) is 6.07 Å². The number of piperidine rings is 3. The van der Waals surface area contributed by atoms with Crippen molar-refractivity contribution in [3.8, 4) is 0 Å². The first-order valence-corrected chi connectivity index (χ1v) is 10.5. The molecule has 4 heterocycles.